The van der Waals surface area contributed by atoms with Crippen LogP contribution in [0.25, 0.3) is 0 Å². The molecule has 0 saturated heterocycles. The summed E-state index contributed by atoms with van der Waals surface area (Å²) in [4.78, 5) is 25.3. The lowest BCUT2D eigenvalue weighted by Gasteiger charge is -2.28. The lowest BCUT2D eigenvalue weighted by Crippen LogP contribution is -2.35. The van der Waals surface area contributed by atoms with Crippen LogP contribution in [0.2, 0.25) is 0 Å². The van der Waals surface area contributed by atoms with Gasteiger partial charge in [-0.2, -0.15) is 0 Å². The van der Waals surface area contributed by atoms with Gasteiger partial charge in [0.05, 0.1) is 10.6 Å². The quantitative estimate of drug-likeness (QED) is 0.589. The molecule has 2 aromatic carbocycles. The molecule has 0 spiro atoms. The number of nitrogens with zero attached hydrogens (tertiary/aromatic N) is 2. The first-order valence-corrected chi connectivity index (χ1v) is 11.6. The van der Waals surface area contributed by atoms with E-state index in [1.54, 1.807) is 39.2 Å². The summed E-state index contributed by atoms with van der Waals surface area (Å²) in [5, 5.41) is 9.56. The number of carbonyl (C=O) groups is 2. The summed E-state index contributed by atoms with van der Waals surface area (Å²) in [6, 6.07) is 8.45. The van der Waals surface area contributed by atoms with Crippen LogP contribution in [0.1, 0.15) is 47.1 Å². The average molecular weight is 473 g/mol. The molecule has 176 valence electrons. The normalized spacial score (nSPS) is 10.9. The number of carboxylic acid groups (broad SMARTS) is 1. The molecule has 2 aromatic rings. The van der Waals surface area contributed by atoms with Crippen molar-refractivity contribution in [3.63, 3.8) is 0 Å². The van der Waals surface area contributed by atoms with E-state index in [1.165, 1.54) is 28.3 Å². The summed E-state index contributed by atoms with van der Waals surface area (Å²) in [5.41, 5.74) is 1.14. The third-order valence-electron chi connectivity index (χ3n) is 4.68. The molecule has 0 fully saturated rings. The van der Waals surface area contributed by atoms with Crippen molar-refractivity contribution in [1.29, 1.82) is 0 Å². The van der Waals surface area contributed by atoms with E-state index in [-0.39, 0.29) is 34.6 Å². The predicted octanol–water partition coefficient (Wildman–Crippen LogP) is 3.61. The average Bonchev–Trinajstić information content (AvgIpc) is 2.75. The molecule has 1 amide bonds. The zero-order valence-electron chi connectivity index (χ0n) is 19.5. The molecule has 0 aliphatic carbocycles. The molecule has 0 radical (unpaired) electrons. The number of amides is 1. The molecule has 0 aliphatic heterocycles. The topological polar surface area (TPSA) is 104 Å². The summed E-state index contributed by atoms with van der Waals surface area (Å²) in [5.74, 6) is 0.894. The summed E-state index contributed by atoms with van der Waals surface area (Å²) in [7, 11) is -0.852. The fraction of sp³-hybridized carbons (Fsp3) is 0.333. The third-order valence-corrected chi connectivity index (χ3v) is 6.46. The first-order chi connectivity index (χ1) is 15.4. The fourth-order valence-electron chi connectivity index (χ4n) is 3.14. The van der Waals surface area contributed by atoms with Gasteiger partial charge in [0, 0.05) is 33.1 Å². The molecule has 0 saturated carbocycles. The molecule has 2 rings (SSSR count). The Morgan fingerprint density at radius 1 is 1.12 bits per heavy atom. The van der Waals surface area contributed by atoms with Gasteiger partial charge in [0.25, 0.3) is 15.9 Å². The smallest absolute Gasteiger partial charge is 0.339 e. The van der Waals surface area contributed by atoms with Gasteiger partial charge in [0.1, 0.15) is 11.7 Å². The van der Waals surface area contributed by atoms with Crippen LogP contribution in [0.15, 0.2) is 41.3 Å². The summed E-state index contributed by atoms with van der Waals surface area (Å²) < 4.78 is 33.6. The van der Waals surface area contributed by atoms with Gasteiger partial charge in [0.15, 0.2) is 5.75 Å². The van der Waals surface area contributed by atoms with Crippen LogP contribution in [0.3, 0.4) is 0 Å². The summed E-state index contributed by atoms with van der Waals surface area (Å²) in [6.07, 6.45) is 2.32. The van der Waals surface area contributed by atoms with Crippen LogP contribution in [-0.2, 0) is 10.0 Å². The van der Waals surface area contributed by atoms with E-state index in [4.69, 9.17) is 4.74 Å². The molecule has 0 aliphatic rings. The number of ether oxygens (including phenoxy) is 1. The highest BCUT2D eigenvalue weighted by Gasteiger charge is 2.29. The fourth-order valence-corrected chi connectivity index (χ4v) is 4.86. The number of aryl methyl sites for hydroxylation is 1. The molecular formula is C24H28N2O6S. The molecule has 0 atom stereocenters. The van der Waals surface area contributed by atoms with Crippen molar-refractivity contribution in [1.82, 2.24) is 4.90 Å². The molecule has 9 heteroatoms. The number of rotatable bonds is 8. The Bertz CT molecular complexity index is 1220. The number of sulfonamides is 1. The number of aromatic carboxylic acids is 1. The Morgan fingerprint density at radius 3 is 2.30 bits per heavy atom. The van der Waals surface area contributed by atoms with Crippen molar-refractivity contribution < 1.29 is 27.9 Å². The Kier molecular flexibility index (Phi) is 8.12. The minimum Gasteiger partial charge on any atom is -0.478 e. The molecule has 8 nitrogen and oxygen atoms in total. The van der Waals surface area contributed by atoms with Crippen molar-refractivity contribution in [3.05, 3.63) is 53.1 Å². The van der Waals surface area contributed by atoms with Gasteiger partial charge in [-0.1, -0.05) is 19.8 Å². The van der Waals surface area contributed by atoms with E-state index in [0.29, 0.717) is 16.8 Å². The molecule has 0 bridgehead atoms. The predicted molar refractivity (Wildman–Crippen MR) is 126 cm³/mol. The highest BCUT2D eigenvalue weighted by molar-refractivity contribution is 7.92. The van der Waals surface area contributed by atoms with E-state index < -0.39 is 16.0 Å². The summed E-state index contributed by atoms with van der Waals surface area (Å²) >= 11 is 0. The maximum atomic E-state index is 13.6. The zero-order chi connectivity index (χ0) is 24.9. The van der Waals surface area contributed by atoms with Crippen molar-refractivity contribution in [2.24, 2.45) is 5.92 Å². The number of carbonyl (C=O) groups excluding carboxylic acids is 1. The molecular weight excluding hydrogens is 444 g/mol. The zero-order valence-corrected chi connectivity index (χ0v) is 20.4. The van der Waals surface area contributed by atoms with Crippen molar-refractivity contribution in [3.8, 4) is 17.8 Å². The molecule has 33 heavy (non-hydrogen) atoms. The molecule has 0 heterocycles. The monoisotopic (exact) mass is 472 g/mol. The second-order valence-corrected chi connectivity index (χ2v) is 9.91. The van der Waals surface area contributed by atoms with Crippen LogP contribution in [0.5, 0.6) is 5.75 Å². The van der Waals surface area contributed by atoms with E-state index in [2.05, 4.69) is 12.0 Å². The lowest BCUT2D eigenvalue weighted by molar-refractivity contribution is 0.0693. The number of hydrogen-bond donors (Lipinski definition) is 1. The minimum absolute atomic E-state index is 0.0244. The van der Waals surface area contributed by atoms with Gasteiger partial charge in [0.2, 0.25) is 0 Å². The first kappa shape index (κ1) is 25.7. The Labute approximate surface area is 194 Å². The van der Waals surface area contributed by atoms with E-state index in [1.807, 2.05) is 13.8 Å². The highest BCUT2D eigenvalue weighted by atomic mass is 32.2. The number of hydrogen-bond acceptors (Lipinski definition) is 5. The van der Waals surface area contributed by atoms with Crippen LogP contribution in [0, 0.1) is 24.9 Å². The second kappa shape index (κ2) is 10.4. The number of benzene rings is 2. The third kappa shape index (κ3) is 5.84. The van der Waals surface area contributed by atoms with Crippen molar-refractivity contribution >= 4 is 27.6 Å². The van der Waals surface area contributed by atoms with Crippen LogP contribution in [0.4, 0.5) is 5.69 Å². The molecule has 0 aromatic heterocycles. The lowest BCUT2D eigenvalue weighted by atomic mass is 10.1. The van der Waals surface area contributed by atoms with Gasteiger partial charge < -0.3 is 14.7 Å². The second-order valence-electron chi connectivity index (χ2n) is 8.05. The van der Waals surface area contributed by atoms with Crippen LogP contribution >= 0.6 is 0 Å². The van der Waals surface area contributed by atoms with E-state index >= 15 is 0 Å². The standard InChI is InChI=1S/C24H28N2O6S/c1-7-12-32-22-11-9-19(14-20(22)24(28)29)33(30,31)26(15-16(2)3)21-10-8-18(13-17(21)4)23(27)25(5)6/h8-11,13-14,16H,15H2,1-6H3,(H,28,29). The molecule has 1 N–H and O–H groups in total. The van der Waals surface area contributed by atoms with Gasteiger partial charge in [-0.05, 0) is 54.8 Å². The Balaban J connectivity index is 2.62. The van der Waals surface area contributed by atoms with Gasteiger partial charge in [-0.15, -0.1) is 0 Å². The largest absolute Gasteiger partial charge is 0.478 e. The van der Waals surface area contributed by atoms with Crippen molar-refractivity contribution in [2.45, 2.75) is 32.6 Å². The number of anilines is 1. The maximum Gasteiger partial charge on any atom is 0.339 e. The number of carboxylic acids is 1. The Morgan fingerprint density at radius 2 is 1.79 bits per heavy atom. The van der Waals surface area contributed by atoms with E-state index in [9.17, 15) is 23.1 Å². The molecule has 0 unspecified atom stereocenters. The van der Waals surface area contributed by atoms with Gasteiger partial charge in [-0.25, -0.2) is 13.2 Å². The van der Waals surface area contributed by atoms with E-state index in [0.717, 1.165) is 6.07 Å². The van der Waals surface area contributed by atoms with Gasteiger partial charge >= 0.3 is 5.97 Å². The minimum atomic E-state index is -4.13. The highest BCUT2D eigenvalue weighted by Crippen LogP contribution is 2.31. The SMILES string of the molecule is CC#COc1ccc(S(=O)(=O)N(CC(C)C)c2ccc(C(=O)N(C)C)cc2C)cc1C(=O)O. The summed E-state index contributed by atoms with van der Waals surface area (Å²) in [6.45, 7) is 7.18. The van der Waals surface area contributed by atoms with Crippen molar-refractivity contribution in [2.75, 3.05) is 24.9 Å². The van der Waals surface area contributed by atoms with Crippen LogP contribution in [-0.4, -0.2) is 50.9 Å². The van der Waals surface area contributed by atoms with Crippen LogP contribution < -0.4 is 9.04 Å². The van der Waals surface area contributed by atoms with Gasteiger partial charge in [-0.3, -0.25) is 9.10 Å². The maximum absolute atomic E-state index is 13.6. The first-order valence-electron chi connectivity index (χ1n) is 10.2. The Hall–Kier alpha value is -3.51.